The molecule has 0 atom stereocenters. The smallest absolute Gasteiger partial charge is 0.142 e. The number of rotatable bonds is 0. The molecule has 5 aromatic rings. The van der Waals surface area contributed by atoms with Gasteiger partial charge in [0.05, 0.1) is 11.1 Å². The van der Waals surface area contributed by atoms with Crippen LogP contribution in [0.4, 0.5) is 0 Å². The summed E-state index contributed by atoms with van der Waals surface area (Å²) in [5.74, 6) is 0. The first-order valence-corrected chi connectivity index (χ1v) is 11.5. The van der Waals surface area contributed by atoms with Gasteiger partial charge < -0.3 is 4.42 Å². The molecule has 1 aliphatic carbocycles. The highest BCUT2D eigenvalue weighted by Crippen LogP contribution is 2.52. The van der Waals surface area contributed by atoms with Crippen LogP contribution in [0.5, 0.6) is 0 Å². The molecule has 2 heterocycles. The molecule has 0 aliphatic heterocycles. The number of pyridine rings is 1. The number of benzene rings is 3. The Morgan fingerprint density at radius 1 is 0.875 bits per heavy atom. The number of hydrogen-bond donors (Lipinski definition) is 0. The Balaban J connectivity index is 1.90. The van der Waals surface area contributed by atoms with Gasteiger partial charge >= 0.3 is 0 Å². The highest BCUT2D eigenvalue weighted by atomic mass is 16.3. The fourth-order valence-electron chi connectivity index (χ4n) is 5.76. The summed E-state index contributed by atoms with van der Waals surface area (Å²) in [5.41, 5.74) is 10.3. The average Bonchev–Trinajstić information content (AvgIpc) is 3.09. The quantitative estimate of drug-likeness (QED) is 0.252. The molecule has 0 fully saturated rings. The normalized spacial score (nSPS) is 15.0. The summed E-state index contributed by atoms with van der Waals surface area (Å²) in [5, 5.41) is 5.00. The van der Waals surface area contributed by atoms with Crippen molar-refractivity contribution in [3.05, 3.63) is 76.5 Å². The standard InChI is InChI=1S/C30H29NO/c1-16-8-10-19-18(14-16)9-11-20-25(19)30(6,7)21-12-13-22(29(3,4)5)28-23(21)24-26(20)31-15-17(2)27(24)32-28/h8-15H,1-7H3. The lowest BCUT2D eigenvalue weighted by molar-refractivity contribution is 0.570. The predicted molar refractivity (Wildman–Crippen MR) is 135 cm³/mol. The molecule has 0 bridgehead atoms. The third-order valence-corrected chi connectivity index (χ3v) is 7.36. The van der Waals surface area contributed by atoms with Crippen molar-refractivity contribution < 1.29 is 4.42 Å². The van der Waals surface area contributed by atoms with E-state index in [-0.39, 0.29) is 10.8 Å². The lowest BCUT2D eigenvalue weighted by Gasteiger charge is -2.30. The number of aryl methyl sites for hydroxylation is 2. The van der Waals surface area contributed by atoms with Gasteiger partial charge in [0.25, 0.3) is 0 Å². The molecule has 160 valence electrons. The van der Waals surface area contributed by atoms with Crippen LogP contribution in [-0.2, 0) is 10.8 Å². The minimum absolute atomic E-state index is 0.0125. The van der Waals surface area contributed by atoms with Gasteiger partial charge in [0.2, 0.25) is 0 Å². The van der Waals surface area contributed by atoms with Crippen molar-refractivity contribution in [1.29, 1.82) is 0 Å². The number of nitrogens with zero attached hydrogens (tertiary/aromatic N) is 1. The second kappa shape index (κ2) is 6.01. The highest BCUT2D eigenvalue weighted by Gasteiger charge is 2.37. The first kappa shape index (κ1) is 19.5. The summed E-state index contributed by atoms with van der Waals surface area (Å²) in [6.45, 7) is 15.8. The molecule has 0 spiro atoms. The highest BCUT2D eigenvalue weighted by molar-refractivity contribution is 6.17. The van der Waals surface area contributed by atoms with E-state index in [0.717, 1.165) is 22.4 Å². The van der Waals surface area contributed by atoms with Crippen molar-refractivity contribution in [2.24, 2.45) is 0 Å². The summed E-state index contributed by atoms with van der Waals surface area (Å²) < 4.78 is 6.67. The Bertz CT molecular complexity index is 1590. The third kappa shape index (κ3) is 2.38. The van der Waals surface area contributed by atoms with Gasteiger partial charge in [0, 0.05) is 33.7 Å². The van der Waals surface area contributed by atoms with E-state index < -0.39 is 0 Å². The van der Waals surface area contributed by atoms with Crippen LogP contribution in [0.25, 0.3) is 44.0 Å². The SMILES string of the molecule is Cc1ccc2c3c(ccc2c1)-c1ncc(C)c2oc4c(C(C)(C)C)ccc(c4c12)C3(C)C. The van der Waals surface area contributed by atoms with Crippen LogP contribution in [0.3, 0.4) is 0 Å². The van der Waals surface area contributed by atoms with E-state index in [0.29, 0.717) is 0 Å². The molecular formula is C30H29NO. The summed E-state index contributed by atoms with van der Waals surface area (Å²) >= 11 is 0. The van der Waals surface area contributed by atoms with Crippen LogP contribution in [-0.4, -0.2) is 4.98 Å². The second-order valence-corrected chi connectivity index (χ2v) is 11.0. The summed E-state index contributed by atoms with van der Waals surface area (Å²) in [4.78, 5) is 5.01. The van der Waals surface area contributed by atoms with Gasteiger partial charge in [0.15, 0.2) is 0 Å². The monoisotopic (exact) mass is 419 g/mol. The Morgan fingerprint density at radius 2 is 1.66 bits per heavy atom. The summed E-state index contributed by atoms with van der Waals surface area (Å²) in [6, 6.07) is 15.9. The van der Waals surface area contributed by atoms with Crippen molar-refractivity contribution >= 4 is 32.7 Å². The van der Waals surface area contributed by atoms with Gasteiger partial charge in [0.1, 0.15) is 11.2 Å². The molecule has 2 nitrogen and oxygen atoms in total. The molecule has 2 aromatic heterocycles. The number of aromatic nitrogens is 1. The first-order valence-electron chi connectivity index (χ1n) is 11.5. The predicted octanol–water partition coefficient (Wildman–Crippen LogP) is 8.35. The van der Waals surface area contributed by atoms with Gasteiger partial charge in [-0.25, -0.2) is 0 Å². The maximum Gasteiger partial charge on any atom is 0.142 e. The molecule has 3 aromatic carbocycles. The molecule has 32 heavy (non-hydrogen) atoms. The zero-order valence-corrected chi connectivity index (χ0v) is 20.0. The van der Waals surface area contributed by atoms with Crippen LogP contribution in [0.15, 0.2) is 53.1 Å². The lowest BCUT2D eigenvalue weighted by atomic mass is 9.73. The Labute approximate surface area is 189 Å². The van der Waals surface area contributed by atoms with Gasteiger partial charge in [-0.2, -0.15) is 0 Å². The average molecular weight is 420 g/mol. The Morgan fingerprint density at radius 3 is 2.41 bits per heavy atom. The lowest BCUT2D eigenvalue weighted by Crippen LogP contribution is -2.21. The summed E-state index contributed by atoms with van der Waals surface area (Å²) in [6.07, 6.45) is 1.97. The molecule has 0 unspecified atom stereocenters. The fourth-order valence-corrected chi connectivity index (χ4v) is 5.76. The van der Waals surface area contributed by atoms with E-state index in [1.165, 1.54) is 49.4 Å². The van der Waals surface area contributed by atoms with Gasteiger partial charge in [-0.15, -0.1) is 0 Å². The molecule has 0 saturated carbocycles. The maximum atomic E-state index is 6.67. The van der Waals surface area contributed by atoms with Crippen molar-refractivity contribution in [2.75, 3.05) is 0 Å². The minimum atomic E-state index is -0.204. The van der Waals surface area contributed by atoms with Gasteiger partial charge in [-0.05, 0) is 41.2 Å². The van der Waals surface area contributed by atoms with E-state index in [9.17, 15) is 0 Å². The van der Waals surface area contributed by atoms with Crippen molar-refractivity contribution in [1.82, 2.24) is 4.98 Å². The minimum Gasteiger partial charge on any atom is -0.455 e. The molecule has 0 amide bonds. The van der Waals surface area contributed by atoms with Crippen LogP contribution in [0, 0.1) is 13.8 Å². The molecule has 2 heteroatoms. The van der Waals surface area contributed by atoms with E-state index in [1.807, 2.05) is 6.20 Å². The van der Waals surface area contributed by atoms with Crippen molar-refractivity contribution in [3.63, 3.8) is 0 Å². The molecule has 0 saturated heterocycles. The third-order valence-electron chi connectivity index (χ3n) is 7.36. The fraction of sp³-hybridized carbons (Fsp3) is 0.300. The van der Waals surface area contributed by atoms with Crippen molar-refractivity contribution in [3.8, 4) is 11.3 Å². The molecule has 6 rings (SSSR count). The summed E-state index contributed by atoms with van der Waals surface area (Å²) in [7, 11) is 0. The topological polar surface area (TPSA) is 26.0 Å². The van der Waals surface area contributed by atoms with Crippen LogP contribution in [0.1, 0.15) is 62.4 Å². The molecule has 0 radical (unpaired) electrons. The Hall–Kier alpha value is -3.13. The molecular weight excluding hydrogens is 390 g/mol. The van der Waals surface area contributed by atoms with Crippen molar-refractivity contribution in [2.45, 2.75) is 59.3 Å². The van der Waals surface area contributed by atoms with Gasteiger partial charge in [-0.1, -0.05) is 82.6 Å². The first-order chi connectivity index (χ1) is 15.1. The number of furan rings is 1. The van der Waals surface area contributed by atoms with E-state index in [1.54, 1.807) is 0 Å². The zero-order valence-electron chi connectivity index (χ0n) is 20.0. The molecule has 1 aliphatic rings. The largest absolute Gasteiger partial charge is 0.455 e. The van der Waals surface area contributed by atoms with Crippen LogP contribution >= 0.6 is 0 Å². The maximum absolute atomic E-state index is 6.67. The second-order valence-electron chi connectivity index (χ2n) is 11.0. The molecule has 0 N–H and O–H groups in total. The van der Waals surface area contributed by atoms with E-state index >= 15 is 0 Å². The van der Waals surface area contributed by atoms with Gasteiger partial charge in [-0.3, -0.25) is 4.98 Å². The Kier molecular flexibility index (Phi) is 3.67. The van der Waals surface area contributed by atoms with Crippen LogP contribution in [0.2, 0.25) is 0 Å². The zero-order chi connectivity index (χ0) is 22.6. The van der Waals surface area contributed by atoms with Crippen LogP contribution < -0.4 is 0 Å². The number of hydrogen-bond acceptors (Lipinski definition) is 2. The number of fused-ring (bicyclic) bond motifs is 4. The van der Waals surface area contributed by atoms with E-state index in [2.05, 4.69) is 90.9 Å². The van der Waals surface area contributed by atoms with E-state index in [4.69, 9.17) is 9.40 Å².